The molecule has 0 bridgehead atoms. The quantitative estimate of drug-likeness (QED) is 0.362. The number of nitrogens with one attached hydrogen (secondary N) is 1. The van der Waals surface area contributed by atoms with Crippen LogP contribution in [0.25, 0.3) is 22.4 Å². The van der Waals surface area contributed by atoms with Crippen LogP contribution in [0.15, 0.2) is 64.7 Å². The van der Waals surface area contributed by atoms with E-state index in [4.69, 9.17) is 13.9 Å². The van der Waals surface area contributed by atoms with Crippen molar-refractivity contribution in [2.75, 3.05) is 13.7 Å². The zero-order valence-electron chi connectivity index (χ0n) is 16.9. The third kappa shape index (κ3) is 4.50. The Labute approximate surface area is 177 Å². The van der Waals surface area contributed by atoms with Crippen molar-refractivity contribution in [2.45, 2.75) is 6.92 Å². The van der Waals surface area contributed by atoms with E-state index in [9.17, 15) is 4.79 Å². The fourth-order valence-corrected chi connectivity index (χ4v) is 2.90. The van der Waals surface area contributed by atoms with Gasteiger partial charge in [-0.2, -0.15) is 5.10 Å². The number of oxazole rings is 1. The molecule has 0 aliphatic rings. The molecule has 0 unspecified atom stereocenters. The van der Waals surface area contributed by atoms with Crippen molar-refractivity contribution < 1.29 is 18.7 Å². The van der Waals surface area contributed by atoms with Crippen LogP contribution in [-0.2, 0) is 0 Å². The molecule has 9 heteroatoms. The lowest BCUT2D eigenvalue weighted by Crippen LogP contribution is -2.19. The number of nitrogens with zero attached hydrogens (tertiary/aromatic N) is 4. The molecule has 0 radical (unpaired) electrons. The maximum absolute atomic E-state index is 12.5. The summed E-state index contributed by atoms with van der Waals surface area (Å²) in [5.74, 6) is 0.864. The van der Waals surface area contributed by atoms with Crippen LogP contribution >= 0.6 is 0 Å². The lowest BCUT2D eigenvalue weighted by molar-refractivity contribution is 0.0950. The van der Waals surface area contributed by atoms with Gasteiger partial charge in [-0.1, -0.05) is 0 Å². The van der Waals surface area contributed by atoms with Gasteiger partial charge < -0.3 is 13.9 Å². The molecule has 4 rings (SSSR count). The van der Waals surface area contributed by atoms with E-state index in [1.165, 1.54) is 18.8 Å². The number of ether oxygens (including phenoxy) is 2. The van der Waals surface area contributed by atoms with Crippen molar-refractivity contribution in [2.24, 2.45) is 5.10 Å². The Kier molecular flexibility index (Phi) is 5.84. The summed E-state index contributed by atoms with van der Waals surface area (Å²) >= 11 is 0. The molecule has 0 saturated carbocycles. The van der Waals surface area contributed by atoms with Gasteiger partial charge in [-0.05, 0) is 37.3 Å². The molecule has 31 heavy (non-hydrogen) atoms. The van der Waals surface area contributed by atoms with Crippen LogP contribution in [0.2, 0.25) is 0 Å². The van der Waals surface area contributed by atoms with E-state index >= 15 is 0 Å². The van der Waals surface area contributed by atoms with Gasteiger partial charge in [0.05, 0.1) is 38.0 Å². The maximum atomic E-state index is 12.5. The topological polar surface area (TPSA) is 112 Å². The third-order valence-corrected chi connectivity index (χ3v) is 4.37. The first-order valence-electron chi connectivity index (χ1n) is 9.48. The molecule has 0 aliphatic heterocycles. The molecule has 156 valence electrons. The molecule has 2 aromatic carbocycles. The van der Waals surface area contributed by atoms with Crippen LogP contribution in [0.3, 0.4) is 0 Å². The first-order chi connectivity index (χ1) is 15.2. The van der Waals surface area contributed by atoms with Gasteiger partial charge in [0, 0.05) is 17.2 Å². The Bertz CT molecular complexity index is 1230. The minimum Gasteiger partial charge on any atom is -0.497 e. The highest BCUT2D eigenvalue weighted by Crippen LogP contribution is 2.23. The van der Waals surface area contributed by atoms with E-state index in [0.29, 0.717) is 34.7 Å². The number of hydrogen-bond donors (Lipinski definition) is 1. The second-order valence-corrected chi connectivity index (χ2v) is 6.36. The van der Waals surface area contributed by atoms with Gasteiger partial charge in [-0.3, -0.25) is 9.78 Å². The lowest BCUT2D eigenvalue weighted by Gasteiger charge is -2.06. The van der Waals surface area contributed by atoms with Crippen LogP contribution in [0.5, 0.6) is 11.5 Å². The second-order valence-electron chi connectivity index (χ2n) is 6.36. The minimum atomic E-state index is -0.490. The van der Waals surface area contributed by atoms with Gasteiger partial charge in [0.15, 0.2) is 12.0 Å². The monoisotopic (exact) mass is 417 g/mol. The van der Waals surface area contributed by atoms with Crippen LogP contribution in [-0.4, -0.2) is 40.8 Å². The molecule has 4 aromatic rings. The molecule has 0 fully saturated rings. The number of amides is 1. The van der Waals surface area contributed by atoms with Crippen molar-refractivity contribution in [3.05, 3.63) is 66.4 Å². The van der Waals surface area contributed by atoms with Gasteiger partial charge in [0.25, 0.3) is 5.91 Å². The molecule has 1 N–H and O–H groups in total. The third-order valence-electron chi connectivity index (χ3n) is 4.37. The zero-order valence-corrected chi connectivity index (χ0v) is 16.9. The van der Waals surface area contributed by atoms with Crippen molar-refractivity contribution in [1.29, 1.82) is 0 Å². The van der Waals surface area contributed by atoms with Crippen LogP contribution in [0.4, 0.5) is 0 Å². The van der Waals surface area contributed by atoms with E-state index in [0.717, 1.165) is 11.3 Å². The van der Waals surface area contributed by atoms with E-state index in [-0.39, 0.29) is 5.69 Å². The SMILES string of the molecule is CCOc1ccc(-c2cncc(C(=O)NN=Cc3cc(OC)cc4ocnc34)n2)cc1. The summed E-state index contributed by atoms with van der Waals surface area (Å²) in [5, 5.41) is 4.01. The van der Waals surface area contributed by atoms with Gasteiger partial charge in [-0.25, -0.2) is 15.4 Å². The van der Waals surface area contributed by atoms with E-state index in [1.807, 2.05) is 31.2 Å². The standard InChI is InChI=1S/C22H19N5O4/c1-3-30-16-6-4-14(5-7-16)18-11-23-12-19(26-18)22(28)27-25-10-15-8-17(29-2)9-20-21(15)24-13-31-20/h4-13H,3H2,1-2H3,(H,27,28). The fourth-order valence-electron chi connectivity index (χ4n) is 2.90. The summed E-state index contributed by atoms with van der Waals surface area (Å²) in [6.45, 7) is 2.51. The minimum absolute atomic E-state index is 0.140. The first kappa shape index (κ1) is 20.0. The van der Waals surface area contributed by atoms with E-state index < -0.39 is 5.91 Å². The number of carbonyl (C=O) groups is 1. The predicted molar refractivity (Wildman–Crippen MR) is 114 cm³/mol. The highest BCUT2D eigenvalue weighted by molar-refractivity contribution is 5.98. The van der Waals surface area contributed by atoms with Crippen LogP contribution in [0, 0.1) is 0 Å². The Balaban J connectivity index is 1.49. The van der Waals surface area contributed by atoms with Crippen molar-refractivity contribution in [3.8, 4) is 22.8 Å². The molecule has 0 atom stereocenters. The molecular formula is C22H19N5O4. The summed E-state index contributed by atoms with van der Waals surface area (Å²) in [6.07, 6.45) is 5.77. The second kappa shape index (κ2) is 9.04. The Hall–Kier alpha value is -4.27. The summed E-state index contributed by atoms with van der Waals surface area (Å²) in [7, 11) is 1.55. The molecule has 2 heterocycles. The van der Waals surface area contributed by atoms with Gasteiger partial charge in [0.1, 0.15) is 22.7 Å². The number of fused-ring (bicyclic) bond motifs is 1. The molecule has 0 saturated heterocycles. The summed E-state index contributed by atoms with van der Waals surface area (Å²) < 4.78 is 16.0. The number of rotatable bonds is 7. The number of methoxy groups -OCH3 is 1. The number of aromatic nitrogens is 3. The average molecular weight is 417 g/mol. The maximum Gasteiger partial charge on any atom is 0.291 e. The number of carbonyl (C=O) groups excluding carboxylic acids is 1. The number of hydrazone groups is 1. The van der Waals surface area contributed by atoms with Crippen LogP contribution < -0.4 is 14.9 Å². The Morgan fingerprint density at radius 2 is 2.03 bits per heavy atom. The van der Waals surface area contributed by atoms with E-state index in [1.54, 1.807) is 25.4 Å². The lowest BCUT2D eigenvalue weighted by atomic mass is 10.1. The highest BCUT2D eigenvalue weighted by Gasteiger charge is 2.11. The van der Waals surface area contributed by atoms with Gasteiger partial charge >= 0.3 is 0 Å². The highest BCUT2D eigenvalue weighted by atomic mass is 16.5. The van der Waals surface area contributed by atoms with Crippen molar-refractivity contribution in [1.82, 2.24) is 20.4 Å². The van der Waals surface area contributed by atoms with Crippen LogP contribution in [0.1, 0.15) is 23.0 Å². The molecule has 2 aromatic heterocycles. The summed E-state index contributed by atoms with van der Waals surface area (Å²) in [4.78, 5) is 25.1. The largest absolute Gasteiger partial charge is 0.497 e. The molecule has 9 nitrogen and oxygen atoms in total. The normalized spacial score (nSPS) is 11.0. The molecular weight excluding hydrogens is 398 g/mol. The van der Waals surface area contributed by atoms with Gasteiger partial charge in [-0.15, -0.1) is 0 Å². The summed E-state index contributed by atoms with van der Waals surface area (Å²) in [6, 6.07) is 10.9. The molecule has 1 amide bonds. The Morgan fingerprint density at radius 1 is 1.19 bits per heavy atom. The van der Waals surface area contributed by atoms with Crippen molar-refractivity contribution in [3.63, 3.8) is 0 Å². The Morgan fingerprint density at radius 3 is 2.81 bits per heavy atom. The molecule has 0 spiro atoms. The average Bonchev–Trinajstić information content (AvgIpc) is 3.28. The summed E-state index contributed by atoms with van der Waals surface area (Å²) in [5.41, 5.74) is 5.78. The number of hydrogen-bond acceptors (Lipinski definition) is 8. The predicted octanol–water partition coefficient (Wildman–Crippen LogP) is 3.46. The van der Waals surface area contributed by atoms with Crippen molar-refractivity contribution >= 4 is 23.2 Å². The number of benzene rings is 2. The molecule has 0 aliphatic carbocycles. The van der Waals surface area contributed by atoms with Gasteiger partial charge in [0.2, 0.25) is 0 Å². The fraction of sp³-hybridized carbons (Fsp3) is 0.136. The van der Waals surface area contributed by atoms with E-state index in [2.05, 4.69) is 25.5 Å². The first-order valence-corrected chi connectivity index (χ1v) is 9.48. The smallest absolute Gasteiger partial charge is 0.291 e. The zero-order chi connectivity index (χ0) is 21.6.